The summed E-state index contributed by atoms with van der Waals surface area (Å²) < 4.78 is 5.46. The molecule has 0 aliphatic heterocycles. The van der Waals surface area contributed by atoms with Crippen LogP contribution in [0.2, 0.25) is 0 Å². The summed E-state index contributed by atoms with van der Waals surface area (Å²) in [6.45, 7) is 10.4. The van der Waals surface area contributed by atoms with Crippen molar-refractivity contribution < 1.29 is 19.4 Å². The third-order valence-corrected chi connectivity index (χ3v) is 5.80. The largest absolute Gasteiger partial charge is 0.473 e. The van der Waals surface area contributed by atoms with Crippen LogP contribution in [0.1, 0.15) is 52.9 Å². The van der Waals surface area contributed by atoms with Crippen LogP contribution in [0.25, 0.3) is 0 Å². The van der Waals surface area contributed by atoms with Gasteiger partial charge in [-0.1, -0.05) is 26.0 Å². The van der Waals surface area contributed by atoms with E-state index in [1.165, 1.54) is 5.57 Å². The predicted octanol–water partition coefficient (Wildman–Crippen LogP) is 3.17. The lowest BCUT2D eigenvalue weighted by molar-refractivity contribution is -0.196. The summed E-state index contributed by atoms with van der Waals surface area (Å²) in [7, 11) is 0. The van der Waals surface area contributed by atoms with Crippen LogP contribution in [0.3, 0.4) is 0 Å². The molecule has 0 aromatic heterocycles. The average molecular weight is 280 g/mol. The maximum Gasteiger partial charge on any atom is 0.417 e. The van der Waals surface area contributed by atoms with Gasteiger partial charge in [0.1, 0.15) is 5.60 Å². The molecule has 4 heteroatoms. The van der Waals surface area contributed by atoms with E-state index in [4.69, 9.17) is 9.84 Å². The highest BCUT2D eigenvalue weighted by Gasteiger charge is 2.56. The number of allylic oxidation sites excluding steroid dienone is 1. The van der Waals surface area contributed by atoms with Crippen LogP contribution in [-0.2, 0) is 14.3 Å². The lowest BCUT2D eigenvalue weighted by Crippen LogP contribution is -2.57. The molecule has 0 aromatic rings. The number of carbonyl (C=O) groups is 2. The Kier molecular flexibility index (Phi) is 3.69. The van der Waals surface area contributed by atoms with Gasteiger partial charge < -0.3 is 9.84 Å². The van der Waals surface area contributed by atoms with Crippen molar-refractivity contribution in [3.05, 3.63) is 12.2 Å². The molecule has 4 atom stereocenters. The van der Waals surface area contributed by atoms with Gasteiger partial charge in [0.25, 0.3) is 0 Å². The van der Waals surface area contributed by atoms with Crippen molar-refractivity contribution in [1.29, 1.82) is 0 Å². The van der Waals surface area contributed by atoms with E-state index in [1.54, 1.807) is 0 Å². The van der Waals surface area contributed by atoms with Crippen molar-refractivity contribution in [1.82, 2.24) is 0 Å². The van der Waals surface area contributed by atoms with Gasteiger partial charge >= 0.3 is 11.9 Å². The summed E-state index contributed by atoms with van der Waals surface area (Å²) in [5, 5.41) is 8.83. The van der Waals surface area contributed by atoms with Crippen LogP contribution >= 0.6 is 0 Å². The molecule has 112 valence electrons. The van der Waals surface area contributed by atoms with E-state index in [2.05, 4.69) is 13.5 Å². The number of hydrogen-bond donors (Lipinski definition) is 1. The minimum atomic E-state index is -1.51. The van der Waals surface area contributed by atoms with E-state index in [9.17, 15) is 9.59 Å². The molecule has 0 spiro atoms. The minimum absolute atomic E-state index is 0.0434. The molecule has 0 radical (unpaired) electrons. The monoisotopic (exact) mass is 280 g/mol. The Balaban J connectivity index is 2.35. The van der Waals surface area contributed by atoms with Gasteiger partial charge in [0.2, 0.25) is 0 Å². The van der Waals surface area contributed by atoms with Gasteiger partial charge in [-0.15, -0.1) is 0 Å². The Labute approximate surface area is 120 Å². The standard InChI is InChI=1S/C16H24O4/c1-10-6-5-7-12-15(10,3)9-8-11(2)16(12,4)20-14(19)13(17)18/h11-12H,1,5-9H2,2-4H3,(H,17,18)/t11-,12-,15+,16+/m1/s1. The third kappa shape index (κ3) is 2.15. The number of carboxylic acids is 1. The van der Waals surface area contributed by atoms with Crippen molar-refractivity contribution >= 4 is 11.9 Å². The van der Waals surface area contributed by atoms with Gasteiger partial charge in [-0.05, 0) is 50.4 Å². The van der Waals surface area contributed by atoms with Crippen LogP contribution in [0.5, 0.6) is 0 Å². The van der Waals surface area contributed by atoms with Crippen molar-refractivity contribution in [3.63, 3.8) is 0 Å². The first-order valence-corrected chi connectivity index (χ1v) is 7.36. The third-order valence-electron chi connectivity index (χ3n) is 5.80. The van der Waals surface area contributed by atoms with Crippen molar-refractivity contribution in [2.24, 2.45) is 17.3 Å². The second-order valence-corrected chi connectivity index (χ2v) is 6.78. The van der Waals surface area contributed by atoms with Crippen LogP contribution < -0.4 is 0 Å². The molecule has 0 amide bonds. The summed E-state index contributed by atoms with van der Waals surface area (Å²) in [5.41, 5.74) is 0.461. The molecule has 0 bridgehead atoms. The highest BCUT2D eigenvalue weighted by molar-refractivity contribution is 6.28. The van der Waals surface area contributed by atoms with Crippen LogP contribution in [0, 0.1) is 17.3 Å². The first-order chi connectivity index (χ1) is 9.21. The molecule has 2 saturated carbocycles. The number of fused-ring (bicyclic) bond motifs is 1. The van der Waals surface area contributed by atoms with E-state index >= 15 is 0 Å². The van der Waals surface area contributed by atoms with E-state index in [-0.39, 0.29) is 17.3 Å². The summed E-state index contributed by atoms with van der Waals surface area (Å²) in [5.74, 6) is -2.34. The molecule has 1 N–H and O–H groups in total. The first kappa shape index (κ1) is 15.1. The number of carbonyl (C=O) groups excluding carboxylic acids is 1. The Morgan fingerprint density at radius 1 is 1.35 bits per heavy atom. The molecule has 2 fully saturated rings. The second-order valence-electron chi connectivity index (χ2n) is 6.78. The van der Waals surface area contributed by atoms with Gasteiger partial charge in [-0.2, -0.15) is 0 Å². The van der Waals surface area contributed by atoms with E-state index in [0.717, 1.165) is 32.1 Å². The topological polar surface area (TPSA) is 63.6 Å². The SMILES string of the molecule is C=C1CCC[C@H]2[C@@](C)(OC(=O)C(=O)O)[C@H](C)CC[C@@]12C. The molecule has 2 rings (SSSR count). The van der Waals surface area contributed by atoms with Gasteiger partial charge in [-0.3, -0.25) is 0 Å². The molecule has 20 heavy (non-hydrogen) atoms. The predicted molar refractivity (Wildman–Crippen MR) is 75.1 cm³/mol. The van der Waals surface area contributed by atoms with Crippen molar-refractivity contribution in [3.8, 4) is 0 Å². The average Bonchev–Trinajstić information content (AvgIpc) is 2.37. The van der Waals surface area contributed by atoms with E-state index in [0.29, 0.717) is 0 Å². The Morgan fingerprint density at radius 2 is 2.00 bits per heavy atom. The zero-order valence-electron chi connectivity index (χ0n) is 12.6. The molecule has 0 saturated heterocycles. The zero-order chi connectivity index (χ0) is 15.1. The van der Waals surface area contributed by atoms with Gasteiger partial charge in [0, 0.05) is 5.92 Å². The number of hydrogen-bond acceptors (Lipinski definition) is 3. The summed E-state index contributed by atoms with van der Waals surface area (Å²) in [6.07, 6.45) is 4.98. The Morgan fingerprint density at radius 3 is 2.60 bits per heavy atom. The number of carboxylic acid groups (broad SMARTS) is 1. The van der Waals surface area contributed by atoms with E-state index < -0.39 is 17.5 Å². The fraction of sp³-hybridized carbons (Fsp3) is 0.750. The van der Waals surface area contributed by atoms with Crippen molar-refractivity contribution in [2.45, 2.75) is 58.5 Å². The van der Waals surface area contributed by atoms with Crippen LogP contribution in [0.4, 0.5) is 0 Å². The molecule has 0 heterocycles. The summed E-state index contributed by atoms with van der Waals surface area (Å²) in [4.78, 5) is 22.4. The molecule has 4 nitrogen and oxygen atoms in total. The van der Waals surface area contributed by atoms with Gasteiger partial charge in [-0.25, -0.2) is 9.59 Å². The molecule has 2 aliphatic carbocycles. The quantitative estimate of drug-likeness (QED) is 0.455. The summed E-state index contributed by atoms with van der Waals surface area (Å²) in [6, 6.07) is 0. The summed E-state index contributed by atoms with van der Waals surface area (Å²) >= 11 is 0. The molecule has 0 unspecified atom stereocenters. The number of esters is 1. The van der Waals surface area contributed by atoms with E-state index in [1.807, 2.05) is 13.8 Å². The number of rotatable bonds is 1. The Bertz CT molecular complexity index is 455. The maximum atomic E-state index is 11.6. The molecule has 2 aliphatic rings. The first-order valence-electron chi connectivity index (χ1n) is 7.36. The molecule has 0 aromatic carbocycles. The number of aliphatic carboxylic acids is 1. The van der Waals surface area contributed by atoms with Gasteiger partial charge in [0.15, 0.2) is 0 Å². The Hall–Kier alpha value is -1.32. The highest BCUT2D eigenvalue weighted by Crippen LogP contribution is 2.58. The van der Waals surface area contributed by atoms with Gasteiger partial charge in [0.05, 0.1) is 0 Å². The molecular weight excluding hydrogens is 256 g/mol. The highest BCUT2D eigenvalue weighted by atomic mass is 16.6. The zero-order valence-corrected chi connectivity index (χ0v) is 12.6. The molecular formula is C16H24O4. The number of ether oxygens (including phenoxy) is 1. The second kappa shape index (κ2) is 4.90. The smallest absolute Gasteiger partial charge is 0.417 e. The fourth-order valence-corrected chi connectivity index (χ4v) is 4.20. The maximum absolute atomic E-state index is 11.6. The lowest BCUT2D eigenvalue weighted by Gasteiger charge is -2.57. The van der Waals surface area contributed by atoms with Crippen LogP contribution in [-0.4, -0.2) is 22.6 Å². The fourth-order valence-electron chi connectivity index (χ4n) is 4.20. The minimum Gasteiger partial charge on any atom is -0.473 e. The van der Waals surface area contributed by atoms with Crippen molar-refractivity contribution in [2.75, 3.05) is 0 Å². The lowest BCUT2D eigenvalue weighted by atomic mass is 9.51. The van der Waals surface area contributed by atoms with Crippen LogP contribution in [0.15, 0.2) is 12.2 Å². The normalized spacial score (nSPS) is 40.9.